The Morgan fingerprint density at radius 1 is 1.17 bits per heavy atom. The first-order valence-electron chi connectivity index (χ1n) is 7.57. The van der Waals surface area contributed by atoms with Crippen molar-refractivity contribution in [3.63, 3.8) is 0 Å². The van der Waals surface area contributed by atoms with E-state index < -0.39 is 0 Å². The van der Waals surface area contributed by atoms with Crippen molar-refractivity contribution in [2.75, 3.05) is 10.6 Å². The van der Waals surface area contributed by atoms with Crippen LogP contribution in [0.5, 0.6) is 0 Å². The molecule has 1 aromatic carbocycles. The standard InChI is InChI=1S/C17H18N4O2S/c1-10(2)16-20-13-6-4-11(8-14(13)24-16)18-17(23)19-12-5-7-15(22)21(3)9-12/h4-10H,1-3H3,(H2,18,19,23). The van der Waals surface area contributed by atoms with Gasteiger partial charge in [-0.1, -0.05) is 13.8 Å². The van der Waals surface area contributed by atoms with Gasteiger partial charge in [-0.05, 0) is 24.3 Å². The highest BCUT2D eigenvalue weighted by Crippen LogP contribution is 2.29. The van der Waals surface area contributed by atoms with Gasteiger partial charge < -0.3 is 15.2 Å². The topological polar surface area (TPSA) is 76.0 Å². The molecule has 0 radical (unpaired) electrons. The molecule has 0 aliphatic carbocycles. The minimum atomic E-state index is -0.360. The highest BCUT2D eigenvalue weighted by atomic mass is 32.1. The van der Waals surface area contributed by atoms with E-state index in [1.807, 2.05) is 18.2 Å². The van der Waals surface area contributed by atoms with Gasteiger partial charge in [0, 0.05) is 30.9 Å². The molecule has 0 bridgehead atoms. The molecule has 0 aliphatic rings. The summed E-state index contributed by atoms with van der Waals surface area (Å²) in [6, 6.07) is 8.27. The predicted molar refractivity (Wildman–Crippen MR) is 98.0 cm³/mol. The van der Waals surface area contributed by atoms with Crippen LogP contribution < -0.4 is 16.2 Å². The normalized spacial score (nSPS) is 11.0. The number of amides is 2. The number of nitrogens with one attached hydrogen (secondary N) is 2. The Balaban J connectivity index is 1.74. The fourth-order valence-corrected chi connectivity index (χ4v) is 3.24. The molecule has 0 aliphatic heterocycles. The lowest BCUT2D eigenvalue weighted by molar-refractivity contribution is 0.262. The molecule has 0 spiro atoms. The van der Waals surface area contributed by atoms with Crippen LogP contribution in [0.15, 0.2) is 41.3 Å². The minimum absolute atomic E-state index is 0.127. The molecule has 24 heavy (non-hydrogen) atoms. The van der Waals surface area contributed by atoms with E-state index in [-0.39, 0.29) is 11.6 Å². The monoisotopic (exact) mass is 342 g/mol. The first kappa shape index (κ1) is 16.2. The number of aromatic nitrogens is 2. The first-order valence-corrected chi connectivity index (χ1v) is 8.39. The van der Waals surface area contributed by atoms with Crippen molar-refractivity contribution in [1.82, 2.24) is 9.55 Å². The van der Waals surface area contributed by atoms with Gasteiger partial charge in [0.2, 0.25) is 5.56 Å². The lowest BCUT2D eigenvalue weighted by atomic mass is 10.2. The number of thiazole rings is 1. The van der Waals surface area contributed by atoms with Gasteiger partial charge in [0.15, 0.2) is 0 Å². The summed E-state index contributed by atoms with van der Waals surface area (Å²) in [6.45, 7) is 4.22. The summed E-state index contributed by atoms with van der Waals surface area (Å²) >= 11 is 1.63. The average molecular weight is 342 g/mol. The molecule has 0 saturated heterocycles. The van der Waals surface area contributed by atoms with Crippen LogP contribution in [0, 0.1) is 0 Å². The molecule has 0 atom stereocenters. The van der Waals surface area contributed by atoms with Crippen LogP contribution >= 0.6 is 11.3 Å². The molecule has 124 valence electrons. The molecule has 2 amide bonds. The van der Waals surface area contributed by atoms with Crippen LogP contribution in [0.2, 0.25) is 0 Å². The largest absolute Gasteiger partial charge is 0.323 e. The molecular formula is C17H18N4O2S. The van der Waals surface area contributed by atoms with E-state index in [0.29, 0.717) is 17.3 Å². The number of fused-ring (bicyclic) bond motifs is 1. The van der Waals surface area contributed by atoms with E-state index in [4.69, 9.17) is 0 Å². The third kappa shape index (κ3) is 3.46. The Morgan fingerprint density at radius 2 is 1.88 bits per heavy atom. The number of urea groups is 1. The Kier molecular flexibility index (Phi) is 4.35. The van der Waals surface area contributed by atoms with Gasteiger partial charge in [0.25, 0.3) is 0 Å². The van der Waals surface area contributed by atoms with Crippen molar-refractivity contribution in [3.8, 4) is 0 Å². The minimum Gasteiger partial charge on any atom is -0.317 e. The van der Waals surface area contributed by atoms with E-state index in [9.17, 15) is 9.59 Å². The lowest BCUT2D eigenvalue weighted by Gasteiger charge is -2.08. The van der Waals surface area contributed by atoms with Gasteiger partial charge in [-0.15, -0.1) is 11.3 Å². The number of anilines is 2. The summed E-state index contributed by atoms with van der Waals surface area (Å²) in [5.74, 6) is 0.381. The van der Waals surface area contributed by atoms with Gasteiger partial charge in [-0.25, -0.2) is 9.78 Å². The molecule has 0 saturated carbocycles. The molecule has 2 aromatic heterocycles. The molecule has 7 heteroatoms. The van der Waals surface area contributed by atoms with Gasteiger partial charge in [0.1, 0.15) is 0 Å². The number of rotatable bonds is 3. The van der Waals surface area contributed by atoms with Gasteiger partial charge >= 0.3 is 6.03 Å². The lowest BCUT2D eigenvalue weighted by Crippen LogP contribution is -2.21. The van der Waals surface area contributed by atoms with Gasteiger partial charge in [0.05, 0.1) is 20.9 Å². The number of pyridine rings is 1. The zero-order valence-corrected chi connectivity index (χ0v) is 14.5. The van der Waals surface area contributed by atoms with Crippen molar-refractivity contribution in [3.05, 3.63) is 51.9 Å². The zero-order chi connectivity index (χ0) is 17.3. The number of carbonyl (C=O) groups excluding carboxylic acids is 1. The Bertz CT molecular complexity index is 959. The maximum Gasteiger partial charge on any atom is 0.323 e. The van der Waals surface area contributed by atoms with E-state index in [1.54, 1.807) is 30.6 Å². The highest BCUT2D eigenvalue weighted by Gasteiger charge is 2.09. The maximum absolute atomic E-state index is 12.1. The van der Waals surface area contributed by atoms with Gasteiger partial charge in [-0.3, -0.25) is 4.79 Å². The number of nitrogens with zero attached hydrogens (tertiary/aromatic N) is 2. The molecule has 6 nitrogen and oxygen atoms in total. The first-order chi connectivity index (χ1) is 11.4. The van der Waals surface area contributed by atoms with Crippen LogP contribution in [0.25, 0.3) is 10.2 Å². The molecular weight excluding hydrogens is 324 g/mol. The van der Waals surface area contributed by atoms with Crippen molar-refractivity contribution in [2.24, 2.45) is 7.05 Å². The Morgan fingerprint density at radius 3 is 2.58 bits per heavy atom. The molecule has 3 rings (SSSR count). The van der Waals surface area contributed by atoms with Crippen molar-refractivity contribution >= 4 is 39.0 Å². The zero-order valence-electron chi connectivity index (χ0n) is 13.7. The highest BCUT2D eigenvalue weighted by molar-refractivity contribution is 7.18. The molecule has 0 fully saturated rings. The summed E-state index contributed by atoms with van der Waals surface area (Å²) < 4.78 is 2.45. The van der Waals surface area contributed by atoms with Crippen molar-refractivity contribution in [2.45, 2.75) is 19.8 Å². The summed E-state index contributed by atoms with van der Waals surface area (Å²) in [5.41, 5.74) is 2.06. The molecule has 2 N–H and O–H groups in total. The second-order valence-electron chi connectivity index (χ2n) is 5.84. The summed E-state index contributed by atoms with van der Waals surface area (Å²) in [6.07, 6.45) is 1.57. The predicted octanol–water partition coefficient (Wildman–Crippen LogP) is 3.76. The Hall–Kier alpha value is -2.67. The smallest absolute Gasteiger partial charge is 0.317 e. The molecule has 0 unspecified atom stereocenters. The molecule has 2 heterocycles. The van der Waals surface area contributed by atoms with E-state index >= 15 is 0 Å². The number of hydrogen-bond acceptors (Lipinski definition) is 4. The fraction of sp³-hybridized carbons (Fsp3) is 0.235. The van der Waals surface area contributed by atoms with Crippen molar-refractivity contribution < 1.29 is 4.79 Å². The quantitative estimate of drug-likeness (QED) is 0.761. The second-order valence-corrected chi connectivity index (χ2v) is 6.90. The third-order valence-electron chi connectivity index (χ3n) is 3.50. The van der Waals surface area contributed by atoms with Crippen molar-refractivity contribution in [1.29, 1.82) is 0 Å². The molecule has 3 aromatic rings. The number of aryl methyl sites for hydroxylation is 1. The fourth-order valence-electron chi connectivity index (χ4n) is 2.23. The van der Waals surface area contributed by atoms with Crippen LogP contribution in [0.3, 0.4) is 0 Å². The van der Waals surface area contributed by atoms with Crippen LogP contribution in [-0.2, 0) is 7.05 Å². The average Bonchev–Trinajstić information content (AvgIpc) is 2.94. The van der Waals surface area contributed by atoms with E-state index in [2.05, 4.69) is 29.5 Å². The second kappa shape index (κ2) is 6.45. The summed E-state index contributed by atoms with van der Waals surface area (Å²) in [5, 5.41) is 6.58. The maximum atomic E-state index is 12.1. The van der Waals surface area contributed by atoms with E-state index in [1.165, 1.54) is 10.6 Å². The SMILES string of the molecule is CC(C)c1nc2ccc(NC(=O)Nc3ccc(=O)n(C)c3)cc2s1. The van der Waals surface area contributed by atoms with E-state index in [0.717, 1.165) is 15.2 Å². The number of carbonyl (C=O) groups is 1. The third-order valence-corrected chi connectivity index (χ3v) is 4.82. The van der Waals surface area contributed by atoms with Crippen LogP contribution in [-0.4, -0.2) is 15.6 Å². The number of benzene rings is 1. The van der Waals surface area contributed by atoms with Crippen LogP contribution in [0.1, 0.15) is 24.8 Å². The Labute approximate surface area is 143 Å². The van der Waals surface area contributed by atoms with Gasteiger partial charge in [-0.2, -0.15) is 0 Å². The summed E-state index contributed by atoms with van der Waals surface area (Å²) in [7, 11) is 1.63. The summed E-state index contributed by atoms with van der Waals surface area (Å²) in [4.78, 5) is 28.0. The van der Waals surface area contributed by atoms with Crippen LogP contribution in [0.4, 0.5) is 16.2 Å². The number of hydrogen-bond donors (Lipinski definition) is 2.